The Bertz CT molecular complexity index is 1050. The molecule has 0 aromatic heterocycles. The van der Waals surface area contributed by atoms with Gasteiger partial charge in [-0.15, -0.1) is 0 Å². The number of nitrogens with zero attached hydrogens (tertiary/aromatic N) is 1. The smallest absolute Gasteiger partial charge is 0.257 e. The van der Waals surface area contributed by atoms with Gasteiger partial charge in [0.25, 0.3) is 10.0 Å². The highest BCUT2D eigenvalue weighted by atomic mass is 32.2. The van der Waals surface area contributed by atoms with Gasteiger partial charge < -0.3 is 4.90 Å². The second-order valence-corrected chi connectivity index (χ2v) is 9.75. The summed E-state index contributed by atoms with van der Waals surface area (Å²) in [6, 6.07) is 13.8. The van der Waals surface area contributed by atoms with Crippen LogP contribution in [0.5, 0.6) is 0 Å². The molecule has 0 saturated carbocycles. The van der Waals surface area contributed by atoms with Crippen LogP contribution in [0.25, 0.3) is 6.08 Å². The Morgan fingerprint density at radius 2 is 1.59 bits per heavy atom. The fourth-order valence-electron chi connectivity index (χ4n) is 3.22. The SMILES string of the molecule is CC(C)CC(C(=O)NS(=O)(=O)/C=C/c1ccccc1)C(=O)N(c1ccc(F)cc1)C(C)C. The zero-order chi connectivity index (χ0) is 23.9. The Kier molecular flexibility index (Phi) is 8.72. The molecule has 0 aliphatic heterocycles. The summed E-state index contributed by atoms with van der Waals surface area (Å²) in [4.78, 5) is 27.7. The van der Waals surface area contributed by atoms with Crippen molar-refractivity contribution in [3.8, 4) is 0 Å². The lowest BCUT2D eigenvalue weighted by molar-refractivity contribution is -0.133. The van der Waals surface area contributed by atoms with Crippen LogP contribution < -0.4 is 9.62 Å². The van der Waals surface area contributed by atoms with E-state index in [0.717, 1.165) is 5.41 Å². The molecule has 0 saturated heterocycles. The molecule has 0 bridgehead atoms. The van der Waals surface area contributed by atoms with Crippen LogP contribution in [0.4, 0.5) is 10.1 Å². The molecule has 0 heterocycles. The maximum Gasteiger partial charge on any atom is 0.257 e. The van der Waals surface area contributed by atoms with Crippen molar-refractivity contribution in [3.05, 3.63) is 71.4 Å². The Labute approximate surface area is 189 Å². The lowest BCUT2D eigenvalue weighted by Crippen LogP contribution is -2.48. The summed E-state index contributed by atoms with van der Waals surface area (Å²) < 4.78 is 40.3. The van der Waals surface area contributed by atoms with E-state index in [4.69, 9.17) is 0 Å². The maximum atomic E-state index is 13.4. The van der Waals surface area contributed by atoms with Crippen LogP contribution in [0.1, 0.15) is 39.7 Å². The van der Waals surface area contributed by atoms with Crippen molar-refractivity contribution in [2.75, 3.05) is 4.90 Å². The van der Waals surface area contributed by atoms with Crippen molar-refractivity contribution in [3.63, 3.8) is 0 Å². The van der Waals surface area contributed by atoms with Gasteiger partial charge in [-0.3, -0.25) is 9.59 Å². The number of carbonyl (C=O) groups excluding carboxylic acids is 2. The first-order valence-electron chi connectivity index (χ1n) is 10.4. The molecule has 172 valence electrons. The summed E-state index contributed by atoms with van der Waals surface area (Å²) in [5, 5.41) is 0.900. The number of hydrogen-bond acceptors (Lipinski definition) is 4. The standard InChI is InChI=1S/C24H29FN2O4S/c1-17(2)16-22(24(29)27(18(3)4)21-12-10-20(25)11-13-21)23(28)26-32(30,31)15-14-19-8-6-5-7-9-19/h5-15,17-18,22H,16H2,1-4H3,(H,26,28)/b15-14+. The Hall–Kier alpha value is -3.00. The third-order valence-electron chi connectivity index (χ3n) is 4.66. The zero-order valence-electron chi connectivity index (χ0n) is 18.7. The van der Waals surface area contributed by atoms with Crippen molar-refractivity contribution in [2.45, 2.75) is 40.2 Å². The first-order chi connectivity index (χ1) is 15.0. The molecule has 0 aliphatic rings. The Morgan fingerprint density at radius 1 is 1.00 bits per heavy atom. The van der Waals surface area contributed by atoms with Gasteiger partial charge in [0.1, 0.15) is 11.7 Å². The van der Waals surface area contributed by atoms with Crippen molar-refractivity contribution in [1.29, 1.82) is 0 Å². The van der Waals surface area contributed by atoms with E-state index < -0.39 is 33.6 Å². The number of benzene rings is 2. The van der Waals surface area contributed by atoms with E-state index >= 15 is 0 Å². The highest BCUT2D eigenvalue weighted by Crippen LogP contribution is 2.24. The number of hydrogen-bond donors (Lipinski definition) is 1. The summed E-state index contributed by atoms with van der Waals surface area (Å²) >= 11 is 0. The van der Waals surface area contributed by atoms with Crippen LogP contribution in [0.3, 0.4) is 0 Å². The number of nitrogens with one attached hydrogen (secondary N) is 1. The molecule has 0 radical (unpaired) electrons. The highest BCUT2D eigenvalue weighted by molar-refractivity contribution is 7.93. The van der Waals surface area contributed by atoms with Crippen LogP contribution in [-0.2, 0) is 19.6 Å². The first-order valence-corrected chi connectivity index (χ1v) is 11.9. The molecule has 8 heteroatoms. The average molecular weight is 461 g/mol. The molecule has 1 unspecified atom stereocenters. The predicted octanol–water partition coefficient (Wildman–Crippen LogP) is 4.35. The van der Waals surface area contributed by atoms with Crippen LogP contribution in [0.2, 0.25) is 0 Å². The van der Waals surface area contributed by atoms with Gasteiger partial charge in [0, 0.05) is 11.7 Å². The number of halogens is 1. The average Bonchev–Trinajstić information content (AvgIpc) is 2.72. The van der Waals surface area contributed by atoms with Crippen LogP contribution in [0, 0.1) is 17.7 Å². The Balaban J connectivity index is 2.28. The van der Waals surface area contributed by atoms with Crippen molar-refractivity contribution >= 4 is 33.6 Å². The van der Waals surface area contributed by atoms with Gasteiger partial charge in [0.05, 0.1) is 5.41 Å². The van der Waals surface area contributed by atoms with Gasteiger partial charge >= 0.3 is 0 Å². The largest absolute Gasteiger partial charge is 0.309 e. The van der Waals surface area contributed by atoms with E-state index in [2.05, 4.69) is 0 Å². The molecule has 0 aliphatic carbocycles. The molecule has 2 amide bonds. The van der Waals surface area contributed by atoms with Gasteiger partial charge in [-0.2, -0.15) is 0 Å². The van der Waals surface area contributed by atoms with Crippen molar-refractivity contribution in [1.82, 2.24) is 4.72 Å². The summed E-state index contributed by atoms with van der Waals surface area (Å²) in [7, 11) is -4.11. The van der Waals surface area contributed by atoms with E-state index in [1.165, 1.54) is 35.2 Å². The van der Waals surface area contributed by atoms with Crippen molar-refractivity contribution in [2.24, 2.45) is 11.8 Å². The van der Waals surface area contributed by atoms with Gasteiger partial charge in [-0.05, 0) is 62.1 Å². The molecule has 1 N–H and O–H groups in total. The summed E-state index contributed by atoms with van der Waals surface area (Å²) in [5.41, 5.74) is 1.09. The fraction of sp³-hybridized carbons (Fsp3) is 0.333. The Morgan fingerprint density at radius 3 is 2.12 bits per heavy atom. The minimum absolute atomic E-state index is 0.0421. The van der Waals surface area contributed by atoms with E-state index in [-0.39, 0.29) is 18.4 Å². The van der Waals surface area contributed by atoms with Gasteiger partial charge in [-0.1, -0.05) is 44.2 Å². The minimum atomic E-state index is -4.11. The van der Waals surface area contributed by atoms with E-state index in [1.807, 2.05) is 18.6 Å². The fourth-order valence-corrected chi connectivity index (χ4v) is 4.05. The molecule has 6 nitrogen and oxygen atoms in total. The molecule has 0 spiro atoms. The normalized spacial score (nSPS) is 12.8. The lowest BCUT2D eigenvalue weighted by atomic mass is 9.94. The quantitative estimate of drug-likeness (QED) is 0.564. The first kappa shape index (κ1) is 25.3. The number of anilines is 1. The minimum Gasteiger partial charge on any atom is -0.309 e. The molecular weight excluding hydrogens is 431 g/mol. The van der Waals surface area contributed by atoms with E-state index in [1.54, 1.807) is 44.2 Å². The van der Waals surface area contributed by atoms with Crippen LogP contribution in [0.15, 0.2) is 60.0 Å². The number of rotatable bonds is 9. The molecular formula is C24H29FN2O4S. The molecule has 2 rings (SSSR count). The second kappa shape index (κ2) is 11.0. The van der Waals surface area contributed by atoms with Crippen LogP contribution in [-0.4, -0.2) is 26.3 Å². The predicted molar refractivity (Wildman–Crippen MR) is 125 cm³/mol. The maximum absolute atomic E-state index is 13.4. The third-order valence-corrected chi connectivity index (χ3v) is 5.64. The summed E-state index contributed by atoms with van der Waals surface area (Å²) in [5.74, 6) is -3.14. The molecule has 0 fully saturated rings. The topological polar surface area (TPSA) is 83.5 Å². The number of carbonyl (C=O) groups is 2. The summed E-state index contributed by atoms with van der Waals surface area (Å²) in [6.45, 7) is 7.22. The van der Waals surface area contributed by atoms with Gasteiger partial charge in [0.15, 0.2) is 0 Å². The third kappa shape index (κ3) is 7.30. The van der Waals surface area contributed by atoms with E-state index in [0.29, 0.717) is 11.3 Å². The number of amides is 2. The summed E-state index contributed by atoms with van der Waals surface area (Å²) in [6.07, 6.45) is 1.53. The van der Waals surface area contributed by atoms with E-state index in [9.17, 15) is 22.4 Å². The second-order valence-electron chi connectivity index (χ2n) is 8.19. The zero-order valence-corrected chi connectivity index (χ0v) is 19.5. The van der Waals surface area contributed by atoms with Gasteiger partial charge in [-0.25, -0.2) is 17.5 Å². The molecule has 1 atom stereocenters. The van der Waals surface area contributed by atoms with Crippen LogP contribution >= 0.6 is 0 Å². The lowest BCUT2D eigenvalue weighted by Gasteiger charge is -2.31. The molecule has 32 heavy (non-hydrogen) atoms. The molecule has 2 aromatic rings. The molecule has 2 aromatic carbocycles. The van der Waals surface area contributed by atoms with Crippen molar-refractivity contribution < 1.29 is 22.4 Å². The monoisotopic (exact) mass is 460 g/mol. The number of sulfonamides is 1. The highest BCUT2D eigenvalue weighted by Gasteiger charge is 2.34. The van der Waals surface area contributed by atoms with Gasteiger partial charge in [0.2, 0.25) is 11.8 Å².